The third-order valence-corrected chi connectivity index (χ3v) is 4.14. The highest BCUT2D eigenvalue weighted by atomic mass is 16.6. The Hall–Kier alpha value is -2.92. The van der Waals surface area contributed by atoms with Crippen LogP contribution in [0.2, 0.25) is 0 Å². The van der Waals surface area contributed by atoms with E-state index < -0.39 is 43.0 Å². The zero-order chi connectivity index (χ0) is 23.0. The van der Waals surface area contributed by atoms with E-state index in [2.05, 4.69) is 9.47 Å². The zero-order valence-electron chi connectivity index (χ0n) is 17.1. The van der Waals surface area contributed by atoms with E-state index in [1.54, 1.807) is 37.3 Å². The van der Waals surface area contributed by atoms with Gasteiger partial charge in [0.25, 0.3) is 0 Å². The fourth-order valence-corrected chi connectivity index (χ4v) is 2.54. The van der Waals surface area contributed by atoms with Gasteiger partial charge in [0.15, 0.2) is 12.2 Å². The highest BCUT2D eigenvalue weighted by Gasteiger charge is 2.32. The molecule has 0 heterocycles. The molecule has 0 amide bonds. The first-order chi connectivity index (χ1) is 14.7. The molecule has 4 atom stereocenters. The molecule has 2 rings (SSSR count). The van der Waals surface area contributed by atoms with Gasteiger partial charge < -0.3 is 39.4 Å². The predicted molar refractivity (Wildman–Crippen MR) is 108 cm³/mol. The molecule has 4 N–H and O–H groups in total. The van der Waals surface area contributed by atoms with E-state index in [4.69, 9.17) is 9.47 Å². The van der Waals surface area contributed by atoms with Crippen LogP contribution in [-0.4, -0.2) is 83.7 Å². The molecule has 170 valence electrons. The minimum Gasteiger partial charge on any atom is -0.491 e. The van der Waals surface area contributed by atoms with Crippen molar-refractivity contribution in [3.8, 4) is 11.5 Å². The van der Waals surface area contributed by atoms with Gasteiger partial charge in [-0.05, 0) is 36.6 Å². The Kier molecular flexibility index (Phi) is 9.01. The van der Waals surface area contributed by atoms with Crippen molar-refractivity contribution in [1.29, 1.82) is 0 Å². The fraction of sp³-hybridized carbons (Fsp3) is 0.429. The van der Waals surface area contributed by atoms with Crippen LogP contribution in [0.5, 0.6) is 11.5 Å². The summed E-state index contributed by atoms with van der Waals surface area (Å²) in [6, 6.07) is 10.6. The predicted octanol–water partition coefficient (Wildman–Crippen LogP) is -0.223. The molecule has 0 aliphatic heterocycles. The van der Waals surface area contributed by atoms with Crippen LogP contribution in [0.3, 0.4) is 0 Å². The number of hydrogen-bond donors (Lipinski definition) is 4. The van der Waals surface area contributed by atoms with Crippen molar-refractivity contribution in [2.24, 2.45) is 0 Å². The Morgan fingerprint density at radius 2 is 1.61 bits per heavy atom. The van der Waals surface area contributed by atoms with Crippen LogP contribution in [0.15, 0.2) is 36.4 Å². The monoisotopic (exact) mass is 438 g/mol. The molecule has 10 nitrogen and oxygen atoms in total. The molecule has 31 heavy (non-hydrogen) atoms. The lowest BCUT2D eigenvalue weighted by Gasteiger charge is -2.17. The van der Waals surface area contributed by atoms with Crippen molar-refractivity contribution in [1.82, 2.24) is 0 Å². The molecule has 0 saturated carbocycles. The SMILES string of the molecule is COC(=O)C(O)C(O)C(=O)OCC(O)COc1ccc2c(OCC(C)O)cccc2c1. The number of hydrogen-bond acceptors (Lipinski definition) is 10. The molecule has 2 aromatic rings. The minimum atomic E-state index is -2.13. The summed E-state index contributed by atoms with van der Waals surface area (Å²) in [6.45, 7) is 1.05. The lowest BCUT2D eigenvalue weighted by Crippen LogP contribution is -2.42. The highest BCUT2D eigenvalue weighted by Crippen LogP contribution is 2.29. The van der Waals surface area contributed by atoms with Crippen molar-refractivity contribution < 1.29 is 49.0 Å². The van der Waals surface area contributed by atoms with Gasteiger partial charge in [-0.15, -0.1) is 0 Å². The third-order valence-electron chi connectivity index (χ3n) is 4.14. The normalized spacial score (nSPS) is 14.9. The second-order valence-electron chi connectivity index (χ2n) is 6.81. The van der Waals surface area contributed by atoms with Gasteiger partial charge in [-0.1, -0.05) is 12.1 Å². The second-order valence-corrected chi connectivity index (χ2v) is 6.81. The van der Waals surface area contributed by atoms with Gasteiger partial charge in [0.05, 0.1) is 13.2 Å². The van der Waals surface area contributed by atoms with Crippen molar-refractivity contribution >= 4 is 22.7 Å². The molecule has 0 aliphatic rings. The second kappa shape index (κ2) is 11.5. The Labute approximate surface area is 178 Å². The number of methoxy groups -OCH3 is 1. The molecule has 0 aromatic heterocycles. The van der Waals surface area contributed by atoms with Gasteiger partial charge in [-0.25, -0.2) is 9.59 Å². The number of esters is 2. The van der Waals surface area contributed by atoms with Crippen LogP contribution in [0.4, 0.5) is 0 Å². The van der Waals surface area contributed by atoms with E-state index in [0.717, 1.165) is 17.9 Å². The first kappa shape index (κ1) is 24.4. The molecular formula is C21H26O10. The molecule has 0 radical (unpaired) electrons. The summed E-state index contributed by atoms with van der Waals surface area (Å²) in [6.07, 6.45) is -6.04. The number of aliphatic hydroxyl groups is 4. The molecule has 0 aliphatic carbocycles. The average Bonchev–Trinajstić information content (AvgIpc) is 2.77. The largest absolute Gasteiger partial charge is 0.491 e. The van der Waals surface area contributed by atoms with Crippen LogP contribution in [-0.2, 0) is 19.1 Å². The van der Waals surface area contributed by atoms with Crippen LogP contribution in [0.1, 0.15) is 6.92 Å². The molecule has 2 aromatic carbocycles. The first-order valence-electron chi connectivity index (χ1n) is 9.48. The Morgan fingerprint density at radius 3 is 2.29 bits per heavy atom. The summed E-state index contributed by atoms with van der Waals surface area (Å²) < 4.78 is 20.0. The van der Waals surface area contributed by atoms with Crippen molar-refractivity contribution in [3.63, 3.8) is 0 Å². The maximum Gasteiger partial charge on any atom is 0.338 e. The molecule has 0 bridgehead atoms. The summed E-state index contributed by atoms with van der Waals surface area (Å²) in [7, 11) is 0.987. The smallest absolute Gasteiger partial charge is 0.338 e. The van der Waals surface area contributed by atoms with E-state index in [0.29, 0.717) is 11.5 Å². The van der Waals surface area contributed by atoms with E-state index in [-0.39, 0.29) is 13.2 Å². The summed E-state index contributed by atoms with van der Waals surface area (Å²) in [5.74, 6) is -1.41. The zero-order valence-corrected chi connectivity index (χ0v) is 17.1. The molecule has 4 unspecified atom stereocenters. The molecule has 0 fully saturated rings. The quantitative estimate of drug-likeness (QED) is 0.346. The maximum absolute atomic E-state index is 11.6. The van der Waals surface area contributed by atoms with Crippen LogP contribution in [0, 0.1) is 0 Å². The minimum absolute atomic E-state index is 0.160. The van der Waals surface area contributed by atoms with Gasteiger partial charge >= 0.3 is 11.9 Å². The number of ether oxygens (including phenoxy) is 4. The number of carbonyl (C=O) groups is 2. The highest BCUT2D eigenvalue weighted by molar-refractivity contribution is 5.89. The molecule has 10 heteroatoms. The van der Waals surface area contributed by atoms with Crippen LogP contribution < -0.4 is 9.47 Å². The molecule has 0 spiro atoms. The number of benzene rings is 2. The van der Waals surface area contributed by atoms with Gasteiger partial charge in [-0.3, -0.25) is 0 Å². The maximum atomic E-state index is 11.6. The van der Waals surface area contributed by atoms with E-state index in [9.17, 15) is 30.0 Å². The van der Waals surface area contributed by atoms with Crippen LogP contribution in [0.25, 0.3) is 10.8 Å². The van der Waals surface area contributed by atoms with Crippen molar-refractivity contribution in [2.45, 2.75) is 31.3 Å². The van der Waals surface area contributed by atoms with Gasteiger partial charge in [-0.2, -0.15) is 0 Å². The number of fused-ring (bicyclic) bond motifs is 1. The molecular weight excluding hydrogens is 412 g/mol. The lowest BCUT2D eigenvalue weighted by atomic mass is 10.1. The lowest BCUT2D eigenvalue weighted by molar-refractivity contribution is -0.173. The van der Waals surface area contributed by atoms with Crippen LogP contribution >= 0.6 is 0 Å². The van der Waals surface area contributed by atoms with E-state index in [1.807, 2.05) is 6.07 Å². The first-order valence-corrected chi connectivity index (χ1v) is 9.48. The Bertz CT molecular complexity index is 882. The number of aliphatic hydroxyl groups excluding tert-OH is 4. The topological polar surface area (TPSA) is 152 Å². The van der Waals surface area contributed by atoms with Crippen molar-refractivity contribution in [3.05, 3.63) is 36.4 Å². The van der Waals surface area contributed by atoms with E-state index in [1.165, 1.54) is 0 Å². The third kappa shape index (κ3) is 7.07. The van der Waals surface area contributed by atoms with Crippen molar-refractivity contribution in [2.75, 3.05) is 26.9 Å². The standard InChI is InChI=1S/C21H26O10/c1-12(22)9-30-17-5-3-4-13-8-15(6-7-16(13)17)29-10-14(23)11-31-21(27)19(25)18(24)20(26)28-2/h3-8,12,14,18-19,22-25H,9-11H2,1-2H3. The number of rotatable bonds is 11. The number of carbonyl (C=O) groups excluding carboxylic acids is 2. The van der Waals surface area contributed by atoms with Gasteiger partial charge in [0, 0.05) is 5.39 Å². The molecule has 0 saturated heterocycles. The summed E-state index contributed by atoms with van der Waals surface area (Å²) in [5, 5.41) is 39.9. The Balaban J connectivity index is 1.88. The van der Waals surface area contributed by atoms with Gasteiger partial charge in [0.2, 0.25) is 0 Å². The summed E-state index contributed by atoms with van der Waals surface area (Å²) in [5.41, 5.74) is 0. The average molecular weight is 438 g/mol. The Morgan fingerprint density at radius 1 is 0.903 bits per heavy atom. The summed E-state index contributed by atoms with van der Waals surface area (Å²) >= 11 is 0. The fourth-order valence-electron chi connectivity index (χ4n) is 2.54. The van der Waals surface area contributed by atoms with E-state index >= 15 is 0 Å². The summed E-state index contributed by atoms with van der Waals surface area (Å²) in [4.78, 5) is 22.7. The van der Waals surface area contributed by atoms with Gasteiger partial charge in [0.1, 0.15) is 37.4 Å².